The maximum atomic E-state index is 12.8. The quantitative estimate of drug-likeness (QED) is 0.689. The minimum absolute atomic E-state index is 0.0403. The standard InChI is InChI=1S/C16H28N2O3S/c1-12-13(22-15(17-12)16(2,3)4)14(19)18(9-11-21-6)8-7-10-20-5/h7-11H2,1-6H3. The SMILES string of the molecule is COCCCN(CCOC)C(=O)c1sc(C(C)(C)C)nc1C. The van der Waals surface area contributed by atoms with E-state index in [9.17, 15) is 4.79 Å². The molecule has 0 aliphatic heterocycles. The second kappa shape index (κ2) is 8.60. The summed E-state index contributed by atoms with van der Waals surface area (Å²) in [6.45, 7) is 10.7. The minimum Gasteiger partial charge on any atom is -0.385 e. The van der Waals surface area contributed by atoms with Crippen LogP contribution >= 0.6 is 11.3 Å². The van der Waals surface area contributed by atoms with E-state index in [1.807, 2.05) is 11.8 Å². The predicted molar refractivity (Wildman–Crippen MR) is 89.8 cm³/mol. The third kappa shape index (κ3) is 5.34. The number of carbonyl (C=O) groups excluding carboxylic acids is 1. The Balaban J connectivity index is 2.90. The van der Waals surface area contributed by atoms with Gasteiger partial charge in [0, 0.05) is 39.3 Å². The van der Waals surface area contributed by atoms with Crippen LogP contribution in [-0.4, -0.2) is 56.3 Å². The van der Waals surface area contributed by atoms with Crippen molar-refractivity contribution in [2.45, 2.75) is 39.5 Å². The van der Waals surface area contributed by atoms with E-state index in [0.717, 1.165) is 22.0 Å². The summed E-state index contributed by atoms with van der Waals surface area (Å²) in [4.78, 5) is 19.9. The molecule has 0 N–H and O–H groups in total. The Labute approximate surface area is 137 Å². The summed E-state index contributed by atoms with van der Waals surface area (Å²) in [6.07, 6.45) is 0.815. The van der Waals surface area contributed by atoms with E-state index >= 15 is 0 Å². The largest absolute Gasteiger partial charge is 0.385 e. The molecule has 0 bridgehead atoms. The molecule has 0 atom stereocenters. The fraction of sp³-hybridized carbons (Fsp3) is 0.750. The van der Waals surface area contributed by atoms with Crippen molar-refractivity contribution in [3.8, 4) is 0 Å². The Kier molecular flexibility index (Phi) is 7.45. The van der Waals surface area contributed by atoms with Gasteiger partial charge in [-0.05, 0) is 13.3 Å². The van der Waals surface area contributed by atoms with Crippen molar-refractivity contribution in [1.82, 2.24) is 9.88 Å². The number of aromatic nitrogens is 1. The minimum atomic E-state index is -0.0403. The first-order chi connectivity index (χ1) is 10.3. The molecule has 1 rings (SSSR count). The van der Waals surface area contributed by atoms with Gasteiger partial charge in [-0.25, -0.2) is 4.98 Å². The van der Waals surface area contributed by atoms with Gasteiger partial charge >= 0.3 is 0 Å². The predicted octanol–water partition coefficient (Wildman–Crippen LogP) is 2.87. The summed E-state index contributed by atoms with van der Waals surface area (Å²) in [6, 6.07) is 0. The molecule has 1 amide bonds. The van der Waals surface area contributed by atoms with Crippen LogP contribution in [0.15, 0.2) is 0 Å². The molecule has 0 spiro atoms. The molecule has 6 heteroatoms. The topological polar surface area (TPSA) is 51.7 Å². The van der Waals surface area contributed by atoms with Crippen LogP contribution in [0.2, 0.25) is 0 Å². The van der Waals surface area contributed by atoms with Crippen molar-refractivity contribution in [2.24, 2.45) is 0 Å². The Morgan fingerprint density at radius 1 is 1.18 bits per heavy atom. The number of thiazole rings is 1. The maximum Gasteiger partial charge on any atom is 0.265 e. The van der Waals surface area contributed by atoms with E-state index in [-0.39, 0.29) is 11.3 Å². The summed E-state index contributed by atoms with van der Waals surface area (Å²) in [5.74, 6) is 0.0404. The molecule has 0 saturated heterocycles. The zero-order valence-electron chi connectivity index (χ0n) is 14.6. The molecule has 1 aromatic heterocycles. The third-order valence-corrected chi connectivity index (χ3v) is 4.83. The van der Waals surface area contributed by atoms with Crippen molar-refractivity contribution in [1.29, 1.82) is 0 Å². The molecule has 1 heterocycles. The molecule has 0 unspecified atom stereocenters. The van der Waals surface area contributed by atoms with Gasteiger partial charge in [0.05, 0.1) is 17.3 Å². The highest BCUT2D eigenvalue weighted by molar-refractivity contribution is 7.14. The van der Waals surface area contributed by atoms with Gasteiger partial charge in [-0.2, -0.15) is 0 Å². The first-order valence-electron chi connectivity index (χ1n) is 7.56. The Hall–Kier alpha value is -0.980. The van der Waals surface area contributed by atoms with Crippen molar-refractivity contribution >= 4 is 17.2 Å². The molecule has 5 nitrogen and oxygen atoms in total. The highest BCUT2D eigenvalue weighted by atomic mass is 32.1. The number of methoxy groups -OCH3 is 2. The number of rotatable bonds is 8. The fourth-order valence-corrected chi connectivity index (χ4v) is 3.07. The van der Waals surface area contributed by atoms with E-state index in [1.54, 1.807) is 14.2 Å². The Morgan fingerprint density at radius 2 is 1.82 bits per heavy atom. The molecule has 0 aromatic carbocycles. The Bertz CT molecular complexity index is 480. The lowest BCUT2D eigenvalue weighted by molar-refractivity contribution is 0.0678. The van der Waals surface area contributed by atoms with Crippen LogP contribution in [0.25, 0.3) is 0 Å². The molecule has 0 radical (unpaired) electrons. The number of aryl methyl sites for hydroxylation is 1. The lowest BCUT2D eigenvalue weighted by atomic mass is 9.98. The number of ether oxygens (including phenoxy) is 2. The van der Waals surface area contributed by atoms with Crippen molar-refractivity contribution in [2.75, 3.05) is 40.5 Å². The first-order valence-corrected chi connectivity index (χ1v) is 8.38. The average Bonchev–Trinajstić information content (AvgIpc) is 2.84. The second-order valence-corrected chi connectivity index (χ2v) is 7.31. The summed E-state index contributed by atoms with van der Waals surface area (Å²) < 4.78 is 10.2. The Morgan fingerprint density at radius 3 is 2.32 bits per heavy atom. The summed E-state index contributed by atoms with van der Waals surface area (Å²) >= 11 is 1.50. The highest BCUT2D eigenvalue weighted by Crippen LogP contribution is 2.29. The lowest BCUT2D eigenvalue weighted by Crippen LogP contribution is -2.35. The van der Waals surface area contributed by atoms with Gasteiger partial charge in [-0.1, -0.05) is 20.8 Å². The first kappa shape index (κ1) is 19.1. The molecule has 0 aliphatic rings. The second-order valence-electron chi connectivity index (χ2n) is 6.31. The van der Waals surface area contributed by atoms with E-state index < -0.39 is 0 Å². The summed E-state index contributed by atoms with van der Waals surface area (Å²) in [5, 5.41) is 0.997. The molecule has 22 heavy (non-hydrogen) atoms. The van der Waals surface area contributed by atoms with Gasteiger partial charge in [-0.3, -0.25) is 4.79 Å². The number of nitrogens with zero attached hydrogens (tertiary/aromatic N) is 2. The summed E-state index contributed by atoms with van der Waals surface area (Å²) in [5.41, 5.74) is 0.774. The number of hydrogen-bond donors (Lipinski definition) is 0. The van der Waals surface area contributed by atoms with Gasteiger partial charge in [0.15, 0.2) is 0 Å². The van der Waals surface area contributed by atoms with Crippen LogP contribution < -0.4 is 0 Å². The number of amides is 1. The van der Waals surface area contributed by atoms with Gasteiger partial charge in [-0.15, -0.1) is 11.3 Å². The van der Waals surface area contributed by atoms with Gasteiger partial charge in [0.25, 0.3) is 5.91 Å². The molecule has 0 aliphatic carbocycles. The zero-order valence-corrected chi connectivity index (χ0v) is 15.4. The molecule has 0 saturated carbocycles. The van der Waals surface area contributed by atoms with E-state index in [0.29, 0.717) is 26.3 Å². The van der Waals surface area contributed by atoms with Crippen LogP contribution in [0, 0.1) is 6.92 Å². The molecule has 0 fully saturated rings. The number of carbonyl (C=O) groups is 1. The van der Waals surface area contributed by atoms with E-state index in [1.165, 1.54) is 11.3 Å². The van der Waals surface area contributed by atoms with Crippen LogP contribution in [0.3, 0.4) is 0 Å². The van der Waals surface area contributed by atoms with Crippen molar-refractivity contribution < 1.29 is 14.3 Å². The zero-order chi connectivity index (χ0) is 16.8. The van der Waals surface area contributed by atoms with Crippen LogP contribution in [0.1, 0.15) is 47.6 Å². The smallest absolute Gasteiger partial charge is 0.265 e. The number of hydrogen-bond acceptors (Lipinski definition) is 5. The molecular weight excluding hydrogens is 300 g/mol. The van der Waals surface area contributed by atoms with Gasteiger partial charge in [0.1, 0.15) is 4.88 Å². The highest BCUT2D eigenvalue weighted by Gasteiger charge is 2.25. The monoisotopic (exact) mass is 328 g/mol. The van der Waals surface area contributed by atoms with E-state index in [4.69, 9.17) is 9.47 Å². The maximum absolute atomic E-state index is 12.8. The fourth-order valence-electron chi connectivity index (χ4n) is 1.98. The van der Waals surface area contributed by atoms with Crippen molar-refractivity contribution in [3.05, 3.63) is 15.6 Å². The van der Waals surface area contributed by atoms with Crippen LogP contribution in [-0.2, 0) is 14.9 Å². The average molecular weight is 328 g/mol. The molecule has 1 aromatic rings. The van der Waals surface area contributed by atoms with Crippen molar-refractivity contribution in [3.63, 3.8) is 0 Å². The van der Waals surface area contributed by atoms with Gasteiger partial charge < -0.3 is 14.4 Å². The van der Waals surface area contributed by atoms with E-state index in [2.05, 4.69) is 25.8 Å². The normalized spacial score (nSPS) is 11.7. The third-order valence-electron chi connectivity index (χ3n) is 3.26. The van der Waals surface area contributed by atoms with Crippen LogP contribution in [0.5, 0.6) is 0 Å². The molecule has 126 valence electrons. The van der Waals surface area contributed by atoms with Gasteiger partial charge in [0.2, 0.25) is 0 Å². The van der Waals surface area contributed by atoms with Crippen LogP contribution in [0.4, 0.5) is 0 Å². The molecular formula is C16H28N2O3S. The summed E-state index contributed by atoms with van der Waals surface area (Å²) in [7, 11) is 3.32. The lowest BCUT2D eigenvalue weighted by Gasteiger charge is -2.22.